The predicted molar refractivity (Wildman–Crippen MR) is 80.7 cm³/mol. The number of carbonyl (C=O) groups is 2. The molecule has 0 aliphatic rings. The molecule has 0 atom stereocenters. The fraction of sp³-hybridized carbons (Fsp3) is 0.176. The van der Waals surface area contributed by atoms with Crippen molar-refractivity contribution in [2.24, 2.45) is 0 Å². The summed E-state index contributed by atoms with van der Waals surface area (Å²) in [4.78, 5) is 28.5. The van der Waals surface area contributed by atoms with Crippen LogP contribution in [-0.4, -0.2) is 28.6 Å². The lowest BCUT2D eigenvalue weighted by atomic mass is 10.1. The molecule has 0 heterocycles. The van der Waals surface area contributed by atoms with Gasteiger partial charge in [0.1, 0.15) is 13.2 Å². The van der Waals surface area contributed by atoms with Gasteiger partial charge in [0.15, 0.2) is 0 Å². The standard InChI is InChI=1S/C17H17NO4/c19-16(11-14-7-3-1-4-8-14)18(12-17(20)21)22-13-15-9-5-2-6-10-15/h1-10H,11-13H2,(H,20,21). The third-order valence-electron chi connectivity index (χ3n) is 2.99. The smallest absolute Gasteiger partial charge is 0.325 e. The number of hydrogen-bond donors (Lipinski definition) is 1. The highest BCUT2D eigenvalue weighted by atomic mass is 16.7. The molecule has 0 aliphatic heterocycles. The largest absolute Gasteiger partial charge is 0.480 e. The zero-order valence-electron chi connectivity index (χ0n) is 12.0. The second-order valence-electron chi connectivity index (χ2n) is 4.75. The van der Waals surface area contributed by atoms with E-state index in [-0.39, 0.29) is 18.9 Å². The average molecular weight is 299 g/mol. The van der Waals surface area contributed by atoms with Gasteiger partial charge in [-0.3, -0.25) is 14.4 Å². The second kappa shape index (κ2) is 7.95. The van der Waals surface area contributed by atoms with Crippen molar-refractivity contribution in [2.45, 2.75) is 13.0 Å². The fourth-order valence-corrected chi connectivity index (χ4v) is 1.91. The molecule has 0 aliphatic carbocycles. The summed E-state index contributed by atoms with van der Waals surface area (Å²) < 4.78 is 0. The quantitative estimate of drug-likeness (QED) is 0.796. The fourth-order valence-electron chi connectivity index (χ4n) is 1.91. The van der Waals surface area contributed by atoms with Crippen LogP contribution in [0.4, 0.5) is 0 Å². The number of benzene rings is 2. The van der Waals surface area contributed by atoms with E-state index in [9.17, 15) is 9.59 Å². The summed E-state index contributed by atoms with van der Waals surface area (Å²) in [6, 6.07) is 18.4. The summed E-state index contributed by atoms with van der Waals surface area (Å²) in [7, 11) is 0. The number of carboxylic acid groups (broad SMARTS) is 1. The Morgan fingerprint density at radius 2 is 1.45 bits per heavy atom. The molecule has 0 fully saturated rings. The first kappa shape index (κ1) is 15.7. The van der Waals surface area contributed by atoms with Gasteiger partial charge < -0.3 is 5.11 Å². The summed E-state index contributed by atoms with van der Waals surface area (Å²) >= 11 is 0. The van der Waals surface area contributed by atoms with Crippen LogP contribution in [0.15, 0.2) is 60.7 Å². The lowest BCUT2D eigenvalue weighted by molar-refractivity contribution is -0.196. The SMILES string of the molecule is O=C(O)CN(OCc1ccccc1)C(=O)Cc1ccccc1. The van der Waals surface area contributed by atoms with E-state index in [1.807, 2.05) is 60.7 Å². The molecule has 0 saturated carbocycles. The first-order valence-corrected chi connectivity index (χ1v) is 6.88. The molecule has 1 amide bonds. The van der Waals surface area contributed by atoms with Crippen LogP contribution >= 0.6 is 0 Å². The minimum absolute atomic E-state index is 0.100. The van der Waals surface area contributed by atoms with E-state index >= 15 is 0 Å². The van der Waals surface area contributed by atoms with Crippen molar-refractivity contribution in [1.29, 1.82) is 0 Å². The van der Waals surface area contributed by atoms with Crippen LogP contribution in [0.2, 0.25) is 0 Å². The highest BCUT2D eigenvalue weighted by Crippen LogP contribution is 2.07. The van der Waals surface area contributed by atoms with Crippen molar-refractivity contribution in [3.63, 3.8) is 0 Å². The Labute approximate surface area is 128 Å². The number of aliphatic carboxylic acids is 1. The van der Waals surface area contributed by atoms with E-state index in [0.717, 1.165) is 16.2 Å². The van der Waals surface area contributed by atoms with Gasteiger partial charge in [-0.1, -0.05) is 60.7 Å². The number of hydroxylamine groups is 2. The lowest BCUT2D eigenvalue weighted by Crippen LogP contribution is -2.36. The van der Waals surface area contributed by atoms with Crippen LogP contribution in [0.1, 0.15) is 11.1 Å². The van der Waals surface area contributed by atoms with Crippen LogP contribution in [-0.2, 0) is 27.5 Å². The Kier molecular flexibility index (Phi) is 5.68. The first-order chi connectivity index (χ1) is 10.6. The van der Waals surface area contributed by atoms with Gasteiger partial charge in [-0.25, -0.2) is 5.06 Å². The second-order valence-corrected chi connectivity index (χ2v) is 4.75. The van der Waals surface area contributed by atoms with Gasteiger partial charge in [-0.2, -0.15) is 0 Å². The molecule has 5 heteroatoms. The Morgan fingerprint density at radius 3 is 2.00 bits per heavy atom. The monoisotopic (exact) mass is 299 g/mol. The topological polar surface area (TPSA) is 66.8 Å². The van der Waals surface area contributed by atoms with E-state index in [1.54, 1.807) is 0 Å². The molecule has 0 aromatic heterocycles. The van der Waals surface area contributed by atoms with Gasteiger partial charge in [0.05, 0.1) is 6.42 Å². The third-order valence-corrected chi connectivity index (χ3v) is 2.99. The highest BCUT2D eigenvalue weighted by Gasteiger charge is 2.18. The molecule has 22 heavy (non-hydrogen) atoms. The molecule has 0 radical (unpaired) electrons. The van der Waals surface area contributed by atoms with E-state index in [1.165, 1.54) is 0 Å². The van der Waals surface area contributed by atoms with E-state index in [2.05, 4.69) is 0 Å². The summed E-state index contributed by atoms with van der Waals surface area (Å²) in [5, 5.41) is 9.83. The molecule has 0 spiro atoms. The van der Waals surface area contributed by atoms with Crippen molar-refractivity contribution in [3.8, 4) is 0 Å². The van der Waals surface area contributed by atoms with E-state index in [0.29, 0.717) is 0 Å². The molecule has 1 N–H and O–H groups in total. The zero-order chi connectivity index (χ0) is 15.8. The van der Waals surface area contributed by atoms with Crippen LogP contribution in [0.25, 0.3) is 0 Å². The van der Waals surface area contributed by atoms with E-state index < -0.39 is 12.5 Å². The lowest BCUT2D eigenvalue weighted by Gasteiger charge is -2.20. The molecule has 5 nitrogen and oxygen atoms in total. The third kappa shape index (κ3) is 5.03. The van der Waals surface area contributed by atoms with Gasteiger partial charge in [0.2, 0.25) is 0 Å². The maximum Gasteiger partial charge on any atom is 0.325 e. The minimum Gasteiger partial charge on any atom is -0.480 e. The molecule has 0 saturated heterocycles. The highest BCUT2D eigenvalue weighted by molar-refractivity contribution is 5.82. The van der Waals surface area contributed by atoms with Crippen molar-refractivity contribution in [2.75, 3.05) is 6.54 Å². The molecule has 114 valence electrons. The van der Waals surface area contributed by atoms with Gasteiger partial charge in [0.25, 0.3) is 5.91 Å². The molecule has 0 bridgehead atoms. The Balaban J connectivity index is 1.98. The van der Waals surface area contributed by atoms with Gasteiger partial charge in [-0.15, -0.1) is 0 Å². The molecular weight excluding hydrogens is 282 g/mol. The van der Waals surface area contributed by atoms with Crippen molar-refractivity contribution < 1.29 is 19.5 Å². The Morgan fingerprint density at radius 1 is 0.909 bits per heavy atom. The predicted octanol–water partition coefficient (Wildman–Crippen LogP) is 2.27. The zero-order valence-corrected chi connectivity index (χ0v) is 12.0. The van der Waals surface area contributed by atoms with Crippen molar-refractivity contribution >= 4 is 11.9 Å². The maximum atomic E-state index is 12.2. The Hall–Kier alpha value is -2.66. The normalized spacial score (nSPS) is 10.2. The summed E-state index contributed by atoms with van der Waals surface area (Å²) in [5.41, 5.74) is 1.68. The first-order valence-electron chi connectivity index (χ1n) is 6.88. The summed E-state index contributed by atoms with van der Waals surface area (Å²) in [5.74, 6) is -1.50. The number of nitrogens with zero attached hydrogens (tertiary/aromatic N) is 1. The van der Waals surface area contributed by atoms with Crippen molar-refractivity contribution in [1.82, 2.24) is 5.06 Å². The Bertz CT molecular complexity index is 613. The van der Waals surface area contributed by atoms with E-state index in [4.69, 9.17) is 9.94 Å². The number of amides is 1. The molecule has 2 aromatic rings. The molecule has 0 unspecified atom stereocenters. The molecular formula is C17H17NO4. The van der Waals surface area contributed by atoms with Crippen LogP contribution < -0.4 is 0 Å². The van der Waals surface area contributed by atoms with Gasteiger partial charge in [0, 0.05) is 0 Å². The van der Waals surface area contributed by atoms with Crippen molar-refractivity contribution in [3.05, 3.63) is 71.8 Å². The number of carboxylic acids is 1. The van der Waals surface area contributed by atoms with Crippen LogP contribution in [0.5, 0.6) is 0 Å². The average Bonchev–Trinajstić information content (AvgIpc) is 2.53. The van der Waals surface area contributed by atoms with Gasteiger partial charge >= 0.3 is 5.97 Å². The summed E-state index contributed by atoms with van der Waals surface area (Å²) in [6.45, 7) is -0.340. The molecule has 2 aromatic carbocycles. The van der Waals surface area contributed by atoms with Gasteiger partial charge in [-0.05, 0) is 11.1 Å². The number of carbonyl (C=O) groups excluding carboxylic acids is 1. The summed E-state index contributed by atoms with van der Waals surface area (Å²) in [6.07, 6.45) is 0.100. The van der Waals surface area contributed by atoms with Crippen LogP contribution in [0, 0.1) is 0 Å². The maximum absolute atomic E-state index is 12.2. The molecule has 2 rings (SSSR count). The van der Waals surface area contributed by atoms with Crippen LogP contribution in [0.3, 0.4) is 0 Å². The number of hydrogen-bond acceptors (Lipinski definition) is 3. The number of rotatable bonds is 7. The minimum atomic E-state index is -1.12.